The highest BCUT2D eigenvalue weighted by atomic mass is 16.1. The minimum atomic E-state index is -0.00189. The van der Waals surface area contributed by atoms with Crippen molar-refractivity contribution in [2.24, 2.45) is 5.41 Å². The number of nitrogens with one attached hydrogen (secondary N) is 1. The zero-order valence-corrected chi connectivity index (χ0v) is 8.05. The Morgan fingerprint density at radius 3 is 2.71 bits per heavy atom. The smallest absolute Gasteiger partial charge is 0.248 e. The van der Waals surface area contributed by atoms with Gasteiger partial charge < -0.3 is 4.98 Å². The lowest BCUT2D eigenvalue weighted by molar-refractivity contribution is 0.191. The highest BCUT2D eigenvalue weighted by Gasteiger charge is 2.41. The van der Waals surface area contributed by atoms with Crippen molar-refractivity contribution in [2.45, 2.75) is 25.7 Å². The van der Waals surface area contributed by atoms with Crippen LogP contribution in [0.5, 0.6) is 0 Å². The number of rotatable bonds is 1. The molecule has 1 aromatic heterocycles. The van der Waals surface area contributed by atoms with Gasteiger partial charge in [0.25, 0.3) is 0 Å². The predicted molar refractivity (Wildman–Crippen MR) is 55.9 cm³/mol. The van der Waals surface area contributed by atoms with E-state index in [9.17, 15) is 4.79 Å². The molecule has 14 heavy (non-hydrogen) atoms. The lowest BCUT2D eigenvalue weighted by atomic mass is 9.57. The Kier molecular flexibility index (Phi) is 1.49. The van der Waals surface area contributed by atoms with Gasteiger partial charge in [0.2, 0.25) is 5.56 Å². The Morgan fingerprint density at radius 2 is 2.14 bits per heavy atom. The molecular weight excluding hydrogens is 174 g/mol. The molecule has 2 aliphatic rings. The molecule has 0 aliphatic heterocycles. The molecule has 3 rings (SSSR count). The number of pyridine rings is 1. The molecule has 0 amide bonds. The molecule has 0 radical (unpaired) electrons. The van der Waals surface area contributed by atoms with Crippen LogP contribution in [0.25, 0.3) is 5.57 Å². The first-order valence-electron chi connectivity index (χ1n) is 5.18. The maximum atomic E-state index is 11.1. The first-order chi connectivity index (χ1) is 6.77. The van der Waals surface area contributed by atoms with Crippen LogP contribution in [0.2, 0.25) is 0 Å². The molecule has 0 aromatic carbocycles. The maximum absolute atomic E-state index is 11.1. The Balaban J connectivity index is 1.92. The molecule has 2 heteroatoms. The largest absolute Gasteiger partial charge is 0.329 e. The van der Waals surface area contributed by atoms with Gasteiger partial charge in [-0.15, -0.1) is 0 Å². The Hall–Kier alpha value is -1.31. The van der Waals surface area contributed by atoms with E-state index in [1.807, 2.05) is 6.07 Å². The van der Waals surface area contributed by atoms with Crippen molar-refractivity contribution in [3.8, 4) is 0 Å². The van der Waals surface area contributed by atoms with Crippen LogP contribution in [0.3, 0.4) is 0 Å². The van der Waals surface area contributed by atoms with Gasteiger partial charge in [-0.1, -0.05) is 12.5 Å². The first kappa shape index (κ1) is 8.04. The molecule has 72 valence electrons. The summed E-state index contributed by atoms with van der Waals surface area (Å²) in [6.07, 6.45) is 9.34. The third-order valence-corrected chi connectivity index (χ3v) is 3.52. The number of aromatic nitrogens is 1. The monoisotopic (exact) mass is 187 g/mol. The van der Waals surface area contributed by atoms with Crippen LogP contribution in [-0.4, -0.2) is 4.98 Å². The second kappa shape index (κ2) is 2.59. The summed E-state index contributed by atoms with van der Waals surface area (Å²) in [5.74, 6) is 0. The topological polar surface area (TPSA) is 32.9 Å². The minimum Gasteiger partial charge on any atom is -0.329 e. The lowest BCUT2D eigenvalue weighted by Crippen LogP contribution is -2.33. The fraction of sp³-hybridized carbons (Fsp3) is 0.417. The van der Waals surface area contributed by atoms with Gasteiger partial charge in [0.05, 0.1) is 0 Å². The van der Waals surface area contributed by atoms with E-state index in [2.05, 4.69) is 11.1 Å². The summed E-state index contributed by atoms with van der Waals surface area (Å²) >= 11 is 0. The summed E-state index contributed by atoms with van der Waals surface area (Å²) < 4.78 is 0. The van der Waals surface area contributed by atoms with E-state index in [-0.39, 0.29) is 5.56 Å². The van der Waals surface area contributed by atoms with E-state index in [0.717, 1.165) is 5.56 Å². The molecule has 2 nitrogen and oxygen atoms in total. The number of hydrogen-bond donors (Lipinski definition) is 1. The van der Waals surface area contributed by atoms with Gasteiger partial charge in [0, 0.05) is 12.3 Å². The van der Waals surface area contributed by atoms with E-state index in [0.29, 0.717) is 5.41 Å². The highest BCUT2D eigenvalue weighted by Crippen LogP contribution is 2.56. The Morgan fingerprint density at radius 1 is 1.36 bits per heavy atom. The number of allylic oxidation sites excluding steroid dienone is 2. The molecule has 1 fully saturated rings. The van der Waals surface area contributed by atoms with Crippen molar-refractivity contribution in [1.29, 1.82) is 0 Å². The SMILES string of the molecule is O=c1cc(C2=CC3(CCC3)C2)cc[nH]1. The summed E-state index contributed by atoms with van der Waals surface area (Å²) in [4.78, 5) is 13.7. The maximum Gasteiger partial charge on any atom is 0.248 e. The van der Waals surface area contributed by atoms with Crippen LogP contribution < -0.4 is 5.56 Å². The third kappa shape index (κ3) is 1.07. The number of hydrogen-bond acceptors (Lipinski definition) is 1. The van der Waals surface area contributed by atoms with Gasteiger partial charge in [-0.2, -0.15) is 0 Å². The predicted octanol–water partition coefficient (Wildman–Crippen LogP) is 2.33. The van der Waals surface area contributed by atoms with Gasteiger partial charge in [-0.25, -0.2) is 0 Å². The molecule has 1 saturated carbocycles. The fourth-order valence-electron chi connectivity index (χ4n) is 2.50. The van der Waals surface area contributed by atoms with E-state index < -0.39 is 0 Å². The molecule has 0 unspecified atom stereocenters. The molecule has 1 heterocycles. The van der Waals surface area contributed by atoms with Crippen molar-refractivity contribution in [2.75, 3.05) is 0 Å². The second-order valence-corrected chi connectivity index (χ2v) is 4.50. The molecule has 0 atom stereocenters. The first-order valence-corrected chi connectivity index (χ1v) is 5.18. The number of aromatic amines is 1. The average Bonchev–Trinajstić information content (AvgIpc) is 1.98. The van der Waals surface area contributed by atoms with Crippen LogP contribution >= 0.6 is 0 Å². The van der Waals surface area contributed by atoms with E-state index in [1.165, 1.54) is 31.3 Å². The molecule has 0 saturated heterocycles. The quantitative estimate of drug-likeness (QED) is 0.719. The van der Waals surface area contributed by atoms with Crippen LogP contribution in [0.4, 0.5) is 0 Å². The Bertz CT molecular complexity index is 451. The van der Waals surface area contributed by atoms with E-state index in [4.69, 9.17) is 0 Å². The normalized spacial score (nSPS) is 22.4. The van der Waals surface area contributed by atoms with Crippen molar-refractivity contribution >= 4 is 5.57 Å². The molecule has 1 N–H and O–H groups in total. The van der Waals surface area contributed by atoms with Crippen LogP contribution in [-0.2, 0) is 0 Å². The molecule has 1 aromatic rings. The molecule has 0 bridgehead atoms. The third-order valence-electron chi connectivity index (χ3n) is 3.52. The van der Waals surface area contributed by atoms with Crippen LogP contribution in [0, 0.1) is 5.41 Å². The van der Waals surface area contributed by atoms with Crippen LogP contribution in [0.1, 0.15) is 31.2 Å². The standard InChI is InChI=1S/C12H13NO/c14-11-6-9(2-5-13-11)10-7-12(8-10)3-1-4-12/h2,5-7H,1,3-4,8H2,(H,13,14). The summed E-state index contributed by atoms with van der Waals surface area (Å²) in [7, 11) is 0. The van der Waals surface area contributed by atoms with E-state index in [1.54, 1.807) is 12.3 Å². The van der Waals surface area contributed by atoms with Crippen molar-refractivity contribution in [3.05, 3.63) is 40.3 Å². The summed E-state index contributed by atoms with van der Waals surface area (Å²) in [5.41, 5.74) is 3.00. The lowest BCUT2D eigenvalue weighted by Gasteiger charge is -2.47. The fourth-order valence-corrected chi connectivity index (χ4v) is 2.50. The summed E-state index contributed by atoms with van der Waals surface area (Å²) in [5, 5.41) is 0. The highest BCUT2D eigenvalue weighted by molar-refractivity contribution is 5.72. The van der Waals surface area contributed by atoms with E-state index >= 15 is 0 Å². The zero-order chi connectivity index (χ0) is 9.60. The van der Waals surface area contributed by atoms with Crippen LogP contribution in [0.15, 0.2) is 29.2 Å². The Labute approximate surface area is 82.7 Å². The van der Waals surface area contributed by atoms with Gasteiger partial charge >= 0.3 is 0 Å². The summed E-state index contributed by atoms with van der Waals surface area (Å²) in [6, 6.07) is 3.68. The van der Waals surface area contributed by atoms with Crippen molar-refractivity contribution in [3.63, 3.8) is 0 Å². The van der Waals surface area contributed by atoms with Crippen molar-refractivity contribution in [1.82, 2.24) is 4.98 Å². The average molecular weight is 187 g/mol. The minimum absolute atomic E-state index is 0.00189. The second-order valence-electron chi connectivity index (χ2n) is 4.50. The number of H-pyrrole nitrogens is 1. The summed E-state index contributed by atoms with van der Waals surface area (Å²) in [6.45, 7) is 0. The molecule has 1 spiro atoms. The zero-order valence-electron chi connectivity index (χ0n) is 8.05. The molecule has 2 aliphatic carbocycles. The van der Waals surface area contributed by atoms with Gasteiger partial charge in [0.15, 0.2) is 0 Å². The molecular formula is C12H13NO. The van der Waals surface area contributed by atoms with Crippen molar-refractivity contribution < 1.29 is 0 Å². The van der Waals surface area contributed by atoms with Gasteiger partial charge in [-0.05, 0) is 41.9 Å². The van der Waals surface area contributed by atoms with Gasteiger partial charge in [-0.3, -0.25) is 4.79 Å². The van der Waals surface area contributed by atoms with Gasteiger partial charge in [0.1, 0.15) is 0 Å².